The van der Waals surface area contributed by atoms with Crippen molar-refractivity contribution < 1.29 is 13.3 Å². The fourth-order valence-electron chi connectivity index (χ4n) is 1.46. The Hall–Kier alpha value is -0.470. The van der Waals surface area contributed by atoms with Gasteiger partial charge in [0.1, 0.15) is 4.21 Å². The first kappa shape index (κ1) is 12.0. The van der Waals surface area contributed by atoms with Gasteiger partial charge in [-0.1, -0.05) is 4.89 Å². The van der Waals surface area contributed by atoms with Crippen molar-refractivity contribution in [3.63, 3.8) is 0 Å². The molecule has 0 amide bonds. The fourth-order valence-corrected chi connectivity index (χ4v) is 3.57. The van der Waals surface area contributed by atoms with Gasteiger partial charge in [-0.05, 0) is 32.0 Å². The molecule has 2 rings (SSSR count). The summed E-state index contributed by atoms with van der Waals surface area (Å²) >= 11 is 1.23. The van der Waals surface area contributed by atoms with Gasteiger partial charge in [-0.15, -0.1) is 11.3 Å². The summed E-state index contributed by atoms with van der Waals surface area (Å²) in [5.41, 5.74) is 0. The number of rotatable bonds is 4. The minimum Gasteiger partial charge on any atom is -0.314 e. The fraction of sp³-hybridized carbons (Fsp3) is 0.556. The Balaban J connectivity index is 1.97. The highest BCUT2D eigenvalue weighted by Gasteiger charge is 2.21. The van der Waals surface area contributed by atoms with Crippen molar-refractivity contribution in [2.24, 2.45) is 0 Å². The van der Waals surface area contributed by atoms with Crippen LogP contribution < -0.4 is 10.2 Å². The number of hydrogen-bond donors (Lipinski definition) is 2. The van der Waals surface area contributed by atoms with Crippen LogP contribution in [0, 0.1) is 6.92 Å². The molecule has 1 saturated heterocycles. The van der Waals surface area contributed by atoms with Crippen molar-refractivity contribution >= 4 is 21.4 Å². The number of thiophene rings is 1. The van der Waals surface area contributed by atoms with E-state index in [9.17, 15) is 8.42 Å². The standard InChI is InChI=1S/C9H14N2O3S2/c1-7-2-3-9(15-7)16(12,13)11-14-8-4-5-10-6-8/h2-3,8,10-11H,4-6H2,1H3. The quantitative estimate of drug-likeness (QED) is 0.781. The third-order valence-corrected chi connectivity index (χ3v) is 5.01. The number of sulfonamides is 1. The average molecular weight is 262 g/mol. The van der Waals surface area contributed by atoms with E-state index >= 15 is 0 Å². The molecule has 1 unspecified atom stereocenters. The summed E-state index contributed by atoms with van der Waals surface area (Å²) in [6.07, 6.45) is 0.752. The van der Waals surface area contributed by atoms with E-state index in [2.05, 4.69) is 10.2 Å². The predicted molar refractivity (Wildman–Crippen MR) is 61.7 cm³/mol. The molecule has 2 heterocycles. The molecular formula is C9H14N2O3S2. The first-order valence-corrected chi connectivity index (χ1v) is 7.32. The van der Waals surface area contributed by atoms with Crippen LogP contribution in [0.3, 0.4) is 0 Å². The molecule has 1 fully saturated rings. The molecule has 0 aliphatic carbocycles. The van der Waals surface area contributed by atoms with E-state index in [1.807, 2.05) is 6.92 Å². The van der Waals surface area contributed by atoms with E-state index in [0.29, 0.717) is 6.54 Å². The summed E-state index contributed by atoms with van der Waals surface area (Å²) in [7, 11) is -3.51. The smallest absolute Gasteiger partial charge is 0.271 e. The highest BCUT2D eigenvalue weighted by Crippen LogP contribution is 2.20. The molecular weight excluding hydrogens is 248 g/mol. The van der Waals surface area contributed by atoms with Gasteiger partial charge < -0.3 is 5.32 Å². The lowest BCUT2D eigenvalue weighted by Crippen LogP contribution is -2.30. The van der Waals surface area contributed by atoms with Crippen LogP contribution in [0.25, 0.3) is 0 Å². The summed E-state index contributed by atoms with van der Waals surface area (Å²) in [5, 5.41) is 3.10. The van der Waals surface area contributed by atoms with Crippen LogP contribution in [-0.4, -0.2) is 27.6 Å². The van der Waals surface area contributed by atoms with Crippen LogP contribution in [0.4, 0.5) is 0 Å². The van der Waals surface area contributed by atoms with Gasteiger partial charge >= 0.3 is 0 Å². The van der Waals surface area contributed by atoms with Crippen molar-refractivity contribution in [1.82, 2.24) is 10.2 Å². The molecule has 0 bridgehead atoms. The Morgan fingerprint density at radius 2 is 2.38 bits per heavy atom. The number of nitrogens with one attached hydrogen (secondary N) is 2. The Morgan fingerprint density at radius 3 is 2.94 bits per heavy atom. The molecule has 1 atom stereocenters. The molecule has 90 valence electrons. The molecule has 0 aromatic carbocycles. The summed E-state index contributed by atoms with van der Waals surface area (Å²) < 4.78 is 23.8. The van der Waals surface area contributed by atoms with Crippen LogP contribution in [0.2, 0.25) is 0 Å². The molecule has 5 nitrogen and oxygen atoms in total. The SMILES string of the molecule is Cc1ccc(S(=O)(=O)NOC2CCNC2)s1. The zero-order valence-corrected chi connectivity index (χ0v) is 10.5. The Bertz CT molecular complexity index is 449. The Morgan fingerprint density at radius 1 is 1.56 bits per heavy atom. The topological polar surface area (TPSA) is 67.4 Å². The lowest BCUT2D eigenvalue weighted by molar-refractivity contribution is 0.0304. The minimum absolute atomic E-state index is 0.0733. The first-order valence-electron chi connectivity index (χ1n) is 5.02. The van der Waals surface area contributed by atoms with Gasteiger partial charge in [0.05, 0.1) is 6.10 Å². The Kier molecular flexibility index (Phi) is 3.60. The van der Waals surface area contributed by atoms with Crippen LogP contribution in [-0.2, 0) is 14.9 Å². The maximum absolute atomic E-state index is 11.8. The maximum atomic E-state index is 11.8. The lowest BCUT2D eigenvalue weighted by atomic mass is 10.3. The van der Waals surface area contributed by atoms with Crippen LogP contribution in [0.5, 0.6) is 0 Å². The molecule has 1 aromatic heterocycles. The van der Waals surface area contributed by atoms with Gasteiger partial charge in [0, 0.05) is 11.4 Å². The van der Waals surface area contributed by atoms with E-state index in [1.54, 1.807) is 12.1 Å². The highest BCUT2D eigenvalue weighted by molar-refractivity contribution is 7.91. The molecule has 1 aliphatic heterocycles. The largest absolute Gasteiger partial charge is 0.314 e. The van der Waals surface area contributed by atoms with E-state index < -0.39 is 10.0 Å². The molecule has 16 heavy (non-hydrogen) atoms. The van der Waals surface area contributed by atoms with Crippen molar-refractivity contribution in [3.8, 4) is 0 Å². The average Bonchev–Trinajstić information content (AvgIpc) is 2.85. The van der Waals surface area contributed by atoms with Crippen LogP contribution >= 0.6 is 11.3 Å². The molecule has 7 heteroatoms. The van der Waals surface area contributed by atoms with E-state index in [1.165, 1.54) is 11.3 Å². The molecule has 1 aromatic rings. The molecule has 0 radical (unpaired) electrons. The predicted octanol–water partition coefficient (Wildman–Crippen LogP) is 0.628. The molecule has 2 N–H and O–H groups in total. The number of hydrogen-bond acceptors (Lipinski definition) is 5. The number of aryl methyl sites for hydroxylation is 1. The van der Waals surface area contributed by atoms with Crippen molar-refractivity contribution in [2.75, 3.05) is 13.1 Å². The van der Waals surface area contributed by atoms with E-state index in [-0.39, 0.29) is 10.3 Å². The van der Waals surface area contributed by atoms with Gasteiger partial charge in [0.2, 0.25) is 0 Å². The molecule has 0 spiro atoms. The summed E-state index contributed by atoms with van der Waals surface area (Å²) in [4.78, 5) is 8.27. The normalized spacial score (nSPS) is 21.4. The zero-order chi connectivity index (χ0) is 11.6. The monoisotopic (exact) mass is 262 g/mol. The summed E-state index contributed by atoms with van der Waals surface area (Å²) in [6.45, 7) is 3.42. The lowest BCUT2D eigenvalue weighted by Gasteiger charge is -2.10. The van der Waals surface area contributed by atoms with Gasteiger partial charge in [-0.2, -0.15) is 0 Å². The van der Waals surface area contributed by atoms with Crippen molar-refractivity contribution in [2.45, 2.75) is 23.7 Å². The maximum Gasteiger partial charge on any atom is 0.271 e. The minimum atomic E-state index is -3.51. The first-order chi connectivity index (χ1) is 7.58. The summed E-state index contributed by atoms with van der Waals surface area (Å²) in [6, 6.07) is 3.36. The third-order valence-electron chi connectivity index (χ3n) is 2.32. The van der Waals surface area contributed by atoms with Gasteiger partial charge in [-0.25, -0.2) is 8.42 Å². The third kappa shape index (κ3) is 2.80. The van der Waals surface area contributed by atoms with E-state index in [4.69, 9.17) is 4.84 Å². The van der Waals surface area contributed by atoms with Gasteiger partial charge in [0.15, 0.2) is 0 Å². The van der Waals surface area contributed by atoms with Crippen LogP contribution in [0.15, 0.2) is 16.3 Å². The van der Waals surface area contributed by atoms with Gasteiger partial charge in [0.25, 0.3) is 10.0 Å². The zero-order valence-electron chi connectivity index (χ0n) is 8.89. The van der Waals surface area contributed by atoms with Crippen LogP contribution in [0.1, 0.15) is 11.3 Å². The van der Waals surface area contributed by atoms with Crippen molar-refractivity contribution in [3.05, 3.63) is 17.0 Å². The second-order valence-electron chi connectivity index (χ2n) is 3.68. The molecule has 1 aliphatic rings. The second kappa shape index (κ2) is 4.80. The molecule has 0 saturated carbocycles. The summed E-state index contributed by atoms with van der Waals surface area (Å²) in [5.74, 6) is 0. The Labute approximate surface area is 98.8 Å². The highest BCUT2D eigenvalue weighted by atomic mass is 32.2. The second-order valence-corrected chi connectivity index (χ2v) is 6.84. The van der Waals surface area contributed by atoms with Crippen molar-refractivity contribution in [1.29, 1.82) is 0 Å². The van der Waals surface area contributed by atoms with E-state index in [0.717, 1.165) is 17.8 Å². The van der Waals surface area contributed by atoms with Gasteiger partial charge in [-0.3, -0.25) is 4.84 Å².